The minimum absolute atomic E-state index is 0.346. The van der Waals surface area contributed by atoms with E-state index in [-0.39, 0.29) is 11.9 Å². The molecule has 0 aliphatic rings. The van der Waals surface area contributed by atoms with Gasteiger partial charge in [-0.25, -0.2) is 14.8 Å². The molecule has 1 heterocycles. The molecule has 3 rings (SSSR count). The summed E-state index contributed by atoms with van der Waals surface area (Å²) in [6.45, 7) is 1.79. The summed E-state index contributed by atoms with van der Waals surface area (Å²) in [7, 11) is 0. The third-order valence-electron chi connectivity index (χ3n) is 3.47. The lowest BCUT2D eigenvalue weighted by atomic mass is 10.2. The first-order valence-electron chi connectivity index (χ1n) is 7.68. The van der Waals surface area contributed by atoms with Crippen LogP contribution < -0.4 is 15.5 Å². The van der Waals surface area contributed by atoms with Crippen LogP contribution in [0.5, 0.6) is 0 Å². The number of amides is 2. The van der Waals surface area contributed by atoms with E-state index < -0.39 is 0 Å². The highest BCUT2D eigenvalue weighted by Crippen LogP contribution is 2.14. The molecule has 132 valence electrons. The van der Waals surface area contributed by atoms with Crippen molar-refractivity contribution < 1.29 is 9.59 Å². The van der Waals surface area contributed by atoms with Crippen molar-refractivity contribution in [2.45, 2.75) is 6.92 Å². The van der Waals surface area contributed by atoms with Crippen molar-refractivity contribution in [2.75, 3.05) is 5.32 Å². The number of nitrogens with zero attached hydrogens (tertiary/aromatic N) is 2. The van der Waals surface area contributed by atoms with Crippen molar-refractivity contribution in [3.8, 4) is 0 Å². The summed E-state index contributed by atoms with van der Waals surface area (Å²) < 4.78 is 1.39. The Bertz CT molecular complexity index is 994. The molecule has 0 fully saturated rings. The molecule has 0 aliphatic heterocycles. The van der Waals surface area contributed by atoms with E-state index in [4.69, 9.17) is 11.6 Å². The van der Waals surface area contributed by atoms with Crippen LogP contribution in [0.25, 0.3) is 0 Å². The van der Waals surface area contributed by atoms with Crippen LogP contribution in [0.15, 0.2) is 65.1 Å². The van der Waals surface area contributed by atoms with Crippen LogP contribution in [-0.4, -0.2) is 16.5 Å². The Morgan fingerprint density at radius 3 is 2.46 bits per heavy atom. The molecule has 2 amide bonds. The average molecular weight is 387 g/mol. The van der Waals surface area contributed by atoms with Crippen LogP contribution in [-0.2, 0) is 0 Å². The Kier molecular flexibility index (Phi) is 5.50. The average Bonchev–Trinajstić information content (AvgIpc) is 3.03. The van der Waals surface area contributed by atoms with Crippen molar-refractivity contribution in [1.82, 2.24) is 9.99 Å². The molecular formula is C18H15ClN4O2S. The normalized spacial score (nSPS) is 11.2. The van der Waals surface area contributed by atoms with Gasteiger partial charge < -0.3 is 5.32 Å². The first kappa shape index (κ1) is 17.9. The standard InChI is InChI=1S/C18H15ClN4O2S/c1-12-11-26-18(22-21-16(24)13-5-3-2-4-6-13)23(12)17(25)20-15-9-7-14(19)8-10-15/h2-11H,1H3,(H,20,25)(H,21,24). The number of anilines is 1. The van der Waals surface area contributed by atoms with Crippen molar-refractivity contribution in [1.29, 1.82) is 0 Å². The van der Waals surface area contributed by atoms with E-state index in [1.54, 1.807) is 60.8 Å². The second-order valence-electron chi connectivity index (χ2n) is 5.35. The van der Waals surface area contributed by atoms with Gasteiger partial charge >= 0.3 is 6.03 Å². The number of rotatable bonds is 3. The monoisotopic (exact) mass is 386 g/mol. The number of carbonyl (C=O) groups excluding carboxylic acids is 2. The maximum atomic E-state index is 12.6. The summed E-state index contributed by atoms with van der Waals surface area (Å²) in [5.41, 5.74) is 4.27. The Labute approximate surface area is 158 Å². The van der Waals surface area contributed by atoms with E-state index >= 15 is 0 Å². The third-order valence-corrected chi connectivity index (χ3v) is 4.66. The number of aryl methyl sites for hydroxylation is 1. The molecule has 0 aliphatic carbocycles. The molecule has 2 N–H and O–H groups in total. The molecule has 0 atom stereocenters. The number of halogens is 1. The first-order chi connectivity index (χ1) is 12.5. The van der Waals surface area contributed by atoms with Gasteiger partial charge in [-0.1, -0.05) is 29.8 Å². The predicted octanol–water partition coefficient (Wildman–Crippen LogP) is 3.84. The molecule has 3 aromatic rings. The topological polar surface area (TPSA) is 75.5 Å². The van der Waals surface area contributed by atoms with Gasteiger partial charge in [-0.3, -0.25) is 4.79 Å². The Hall–Kier alpha value is -2.90. The van der Waals surface area contributed by atoms with Crippen LogP contribution in [0, 0.1) is 6.92 Å². The van der Waals surface area contributed by atoms with Crippen molar-refractivity contribution in [3.05, 3.63) is 81.1 Å². The van der Waals surface area contributed by atoms with Crippen molar-refractivity contribution >= 4 is 40.6 Å². The number of hydrogen-bond donors (Lipinski definition) is 2. The van der Waals surface area contributed by atoms with Crippen molar-refractivity contribution in [3.63, 3.8) is 0 Å². The molecule has 0 radical (unpaired) electrons. The minimum Gasteiger partial charge on any atom is -0.307 e. The number of carbonyl (C=O) groups is 2. The molecule has 0 saturated heterocycles. The highest BCUT2D eigenvalue weighted by Gasteiger charge is 2.11. The zero-order valence-corrected chi connectivity index (χ0v) is 15.3. The van der Waals surface area contributed by atoms with E-state index in [9.17, 15) is 9.59 Å². The van der Waals surface area contributed by atoms with Crippen LogP contribution >= 0.6 is 22.9 Å². The highest BCUT2D eigenvalue weighted by molar-refractivity contribution is 7.07. The van der Waals surface area contributed by atoms with Gasteiger partial charge in [0, 0.05) is 27.3 Å². The number of thiazole rings is 1. The molecule has 0 spiro atoms. The SMILES string of the molecule is Cc1csc(=NNC(=O)c2ccccc2)n1C(=O)Nc1ccc(Cl)cc1. The summed E-state index contributed by atoms with van der Waals surface area (Å²) in [4.78, 5) is 25.0. The molecule has 0 bridgehead atoms. The zero-order valence-electron chi connectivity index (χ0n) is 13.8. The maximum Gasteiger partial charge on any atom is 0.332 e. The minimum atomic E-state index is -0.376. The van der Waals surface area contributed by atoms with Gasteiger partial charge in [0.1, 0.15) is 0 Å². The second kappa shape index (κ2) is 7.99. The van der Waals surface area contributed by atoms with Crippen molar-refractivity contribution in [2.24, 2.45) is 5.10 Å². The van der Waals surface area contributed by atoms with E-state index in [0.29, 0.717) is 26.8 Å². The quantitative estimate of drug-likeness (QED) is 0.671. The number of hydrogen-bond acceptors (Lipinski definition) is 4. The summed E-state index contributed by atoms with van der Waals surface area (Å²) in [6, 6.07) is 15.1. The van der Waals surface area contributed by atoms with Gasteiger partial charge in [0.15, 0.2) is 0 Å². The van der Waals surface area contributed by atoms with Crippen LogP contribution in [0.4, 0.5) is 10.5 Å². The molecule has 0 unspecified atom stereocenters. The second-order valence-corrected chi connectivity index (χ2v) is 6.62. The van der Waals surface area contributed by atoms with E-state index in [1.807, 2.05) is 6.07 Å². The number of aromatic nitrogens is 1. The maximum absolute atomic E-state index is 12.6. The molecular weight excluding hydrogens is 372 g/mol. The van der Waals surface area contributed by atoms with Gasteiger partial charge in [0.25, 0.3) is 5.91 Å². The molecule has 8 heteroatoms. The summed E-state index contributed by atoms with van der Waals surface area (Å²) in [5, 5.41) is 9.22. The largest absolute Gasteiger partial charge is 0.332 e. The van der Waals surface area contributed by atoms with Gasteiger partial charge in [-0.15, -0.1) is 16.4 Å². The van der Waals surface area contributed by atoms with Gasteiger partial charge in [0.2, 0.25) is 4.80 Å². The lowest BCUT2D eigenvalue weighted by molar-refractivity contribution is 0.0953. The van der Waals surface area contributed by atoms with Gasteiger partial charge in [-0.05, 0) is 43.3 Å². The summed E-state index contributed by atoms with van der Waals surface area (Å²) in [6.07, 6.45) is 0. The lowest BCUT2D eigenvalue weighted by Gasteiger charge is -2.07. The van der Waals surface area contributed by atoms with E-state index in [2.05, 4.69) is 15.8 Å². The third kappa shape index (κ3) is 4.19. The molecule has 2 aromatic carbocycles. The fourth-order valence-electron chi connectivity index (χ4n) is 2.18. The number of benzene rings is 2. The van der Waals surface area contributed by atoms with Gasteiger partial charge in [-0.2, -0.15) is 0 Å². The predicted molar refractivity (Wildman–Crippen MR) is 102 cm³/mol. The van der Waals surface area contributed by atoms with E-state index in [0.717, 1.165) is 0 Å². The zero-order chi connectivity index (χ0) is 18.5. The van der Waals surface area contributed by atoms with Crippen LogP contribution in [0.3, 0.4) is 0 Å². The fraction of sp³-hybridized carbons (Fsp3) is 0.0556. The molecule has 26 heavy (non-hydrogen) atoms. The molecule has 0 saturated carbocycles. The Balaban J connectivity index is 1.80. The Morgan fingerprint density at radius 2 is 1.77 bits per heavy atom. The fourth-order valence-corrected chi connectivity index (χ4v) is 3.12. The highest BCUT2D eigenvalue weighted by atomic mass is 35.5. The molecule has 1 aromatic heterocycles. The van der Waals surface area contributed by atoms with E-state index in [1.165, 1.54) is 15.9 Å². The van der Waals surface area contributed by atoms with Crippen LogP contribution in [0.1, 0.15) is 16.1 Å². The smallest absolute Gasteiger partial charge is 0.307 e. The number of nitrogens with one attached hydrogen (secondary N) is 2. The Morgan fingerprint density at radius 1 is 1.08 bits per heavy atom. The lowest BCUT2D eigenvalue weighted by Crippen LogP contribution is -2.31. The summed E-state index contributed by atoms with van der Waals surface area (Å²) in [5.74, 6) is -0.346. The summed E-state index contributed by atoms with van der Waals surface area (Å²) >= 11 is 7.10. The van der Waals surface area contributed by atoms with Crippen LogP contribution in [0.2, 0.25) is 5.02 Å². The first-order valence-corrected chi connectivity index (χ1v) is 8.93. The van der Waals surface area contributed by atoms with Gasteiger partial charge in [0.05, 0.1) is 0 Å². The molecule has 6 nitrogen and oxygen atoms in total.